The Bertz CT molecular complexity index is 304. The van der Waals surface area contributed by atoms with E-state index in [2.05, 4.69) is 16.9 Å². The highest BCUT2D eigenvalue weighted by Gasteiger charge is 1.96. The summed E-state index contributed by atoms with van der Waals surface area (Å²) in [4.78, 5) is 0. The first kappa shape index (κ1) is 7.83. The Hall–Kier alpha value is -1.27. The van der Waals surface area contributed by atoms with Crippen molar-refractivity contribution in [2.45, 2.75) is 6.92 Å². The van der Waals surface area contributed by atoms with Crippen LogP contribution in [0.3, 0.4) is 0 Å². The molecule has 0 amide bonds. The van der Waals surface area contributed by atoms with Gasteiger partial charge in [-0.15, -0.1) is 0 Å². The molecule has 1 N–H and O–H groups in total. The molecule has 0 radical (unpaired) electrons. The molecule has 0 bridgehead atoms. The molecule has 0 saturated heterocycles. The third-order valence-corrected chi connectivity index (χ3v) is 1.32. The zero-order valence-electron chi connectivity index (χ0n) is 6.63. The Kier molecular flexibility index (Phi) is 2.29. The maximum Gasteiger partial charge on any atom is 0.104 e. The van der Waals surface area contributed by atoms with Gasteiger partial charge in [-0.05, 0) is 6.92 Å². The highest BCUT2D eigenvalue weighted by Crippen LogP contribution is 2.00. The predicted octanol–water partition coefficient (Wildman–Crippen LogP) is 0.0723. The molecule has 0 aromatic carbocycles. The molecule has 3 nitrogen and oxygen atoms in total. The van der Waals surface area contributed by atoms with Gasteiger partial charge in [0.15, 0.2) is 0 Å². The quantitative estimate of drug-likeness (QED) is 0.531. The van der Waals surface area contributed by atoms with Gasteiger partial charge in [0, 0.05) is 13.2 Å². The normalized spacial score (nSPS) is 9.00. The molecule has 0 atom stereocenters. The Morgan fingerprint density at radius 2 is 2.45 bits per heavy atom. The molecule has 1 rings (SSSR count). The highest BCUT2D eigenvalue weighted by atomic mass is 16.2. The molecule has 1 aromatic heterocycles. The Labute approximate surface area is 65.7 Å². The summed E-state index contributed by atoms with van der Waals surface area (Å²) >= 11 is 0. The first-order chi connectivity index (χ1) is 5.24. The van der Waals surface area contributed by atoms with E-state index in [0.717, 1.165) is 11.3 Å². The van der Waals surface area contributed by atoms with Crippen LogP contribution in [0.4, 0.5) is 0 Å². The number of hydrogen-bond donors (Lipinski definition) is 1. The molecule has 0 aliphatic heterocycles. The van der Waals surface area contributed by atoms with E-state index >= 15 is 0 Å². The summed E-state index contributed by atoms with van der Waals surface area (Å²) < 4.78 is 1.71. The third kappa shape index (κ3) is 1.82. The smallest absolute Gasteiger partial charge is 0.104 e. The number of nitrogens with zero attached hydrogens (tertiary/aromatic N) is 2. The maximum atomic E-state index is 8.42. The SMILES string of the molecule is Cc1nn(C)cc1C#CCO. The van der Waals surface area contributed by atoms with Crippen LogP contribution in [0.15, 0.2) is 6.20 Å². The lowest BCUT2D eigenvalue weighted by atomic mass is 10.3. The third-order valence-electron chi connectivity index (χ3n) is 1.32. The fraction of sp³-hybridized carbons (Fsp3) is 0.375. The summed E-state index contributed by atoms with van der Waals surface area (Å²) in [6.45, 7) is 1.79. The van der Waals surface area contributed by atoms with E-state index in [-0.39, 0.29) is 6.61 Å². The number of hydrogen-bond acceptors (Lipinski definition) is 2. The van der Waals surface area contributed by atoms with Crippen molar-refractivity contribution in [1.82, 2.24) is 9.78 Å². The minimum atomic E-state index is -0.103. The maximum absolute atomic E-state index is 8.42. The summed E-state index contributed by atoms with van der Waals surface area (Å²) in [6.07, 6.45) is 1.83. The summed E-state index contributed by atoms with van der Waals surface area (Å²) in [5.41, 5.74) is 1.77. The van der Waals surface area contributed by atoms with Gasteiger partial charge in [-0.2, -0.15) is 5.10 Å². The fourth-order valence-corrected chi connectivity index (χ4v) is 0.857. The number of aliphatic hydroxyl groups excluding tert-OH is 1. The van der Waals surface area contributed by atoms with E-state index in [4.69, 9.17) is 5.11 Å². The molecule has 0 unspecified atom stereocenters. The van der Waals surface area contributed by atoms with Crippen LogP contribution in [0, 0.1) is 18.8 Å². The minimum absolute atomic E-state index is 0.103. The standard InChI is InChI=1S/C8H10N2O/c1-7-8(4-3-5-11)6-10(2)9-7/h6,11H,5H2,1-2H3. The monoisotopic (exact) mass is 150 g/mol. The number of aromatic nitrogens is 2. The van der Waals surface area contributed by atoms with Crippen LogP contribution in [0.25, 0.3) is 0 Å². The summed E-state index contributed by atoms with van der Waals surface area (Å²) in [5.74, 6) is 5.37. The molecular weight excluding hydrogens is 140 g/mol. The van der Waals surface area contributed by atoms with Crippen molar-refractivity contribution in [3.8, 4) is 11.8 Å². The van der Waals surface area contributed by atoms with E-state index in [1.165, 1.54) is 0 Å². The summed E-state index contributed by atoms with van der Waals surface area (Å²) in [6, 6.07) is 0. The average Bonchev–Trinajstić information content (AvgIpc) is 2.26. The summed E-state index contributed by atoms with van der Waals surface area (Å²) in [7, 11) is 1.84. The van der Waals surface area contributed by atoms with Crippen LogP contribution in [0.5, 0.6) is 0 Å². The molecule has 0 aliphatic carbocycles. The van der Waals surface area contributed by atoms with Crippen LogP contribution in [0.2, 0.25) is 0 Å². The number of aryl methyl sites for hydroxylation is 2. The predicted molar refractivity (Wildman–Crippen MR) is 41.9 cm³/mol. The first-order valence-corrected chi connectivity index (χ1v) is 3.34. The van der Waals surface area contributed by atoms with E-state index in [1.807, 2.05) is 20.2 Å². The fourth-order valence-electron chi connectivity index (χ4n) is 0.857. The second kappa shape index (κ2) is 3.22. The largest absolute Gasteiger partial charge is 0.384 e. The van der Waals surface area contributed by atoms with Gasteiger partial charge >= 0.3 is 0 Å². The molecule has 11 heavy (non-hydrogen) atoms. The lowest BCUT2D eigenvalue weighted by Crippen LogP contribution is -1.86. The van der Waals surface area contributed by atoms with Crippen LogP contribution < -0.4 is 0 Å². The van der Waals surface area contributed by atoms with Gasteiger partial charge in [-0.3, -0.25) is 4.68 Å². The zero-order chi connectivity index (χ0) is 8.27. The molecule has 3 heteroatoms. The number of aliphatic hydroxyl groups is 1. The first-order valence-electron chi connectivity index (χ1n) is 3.34. The Morgan fingerprint density at radius 1 is 1.73 bits per heavy atom. The second-order valence-electron chi connectivity index (χ2n) is 2.26. The van der Waals surface area contributed by atoms with Crippen LogP contribution in [0.1, 0.15) is 11.3 Å². The van der Waals surface area contributed by atoms with Crippen molar-refractivity contribution in [2.24, 2.45) is 7.05 Å². The van der Waals surface area contributed by atoms with Crippen molar-refractivity contribution >= 4 is 0 Å². The van der Waals surface area contributed by atoms with Gasteiger partial charge in [-0.1, -0.05) is 11.8 Å². The molecule has 0 spiro atoms. The Morgan fingerprint density at radius 3 is 2.91 bits per heavy atom. The molecule has 58 valence electrons. The lowest BCUT2D eigenvalue weighted by molar-refractivity contribution is 0.350. The van der Waals surface area contributed by atoms with Crippen molar-refractivity contribution in [3.63, 3.8) is 0 Å². The van der Waals surface area contributed by atoms with Gasteiger partial charge in [0.2, 0.25) is 0 Å². The minimum Gasteiger partial charge on any atom is -0.384 e. The van der Waals surface area contributed by atoms with Gasteiger partial charge in [0.1, 0.15) is 6.61 Å². The molecule has 1 aromatic rings. The Balaban J connectivity index is 2.94. The van der Waals surface area contributed by atoms with Crippen molar-refractivity contribution in [1.29, 1.82) is 0 Å². The van der Waals surface area contributed by atoms with E-state index in [1.54, 1.807) is 4.68 Å². The van der Waals surface area contributed by atoms with Crippen molar-refractivity contribution in [3.05, 3.63) is 17.5 Å². The van der Waals surface area contributed by atoms with Gasteiger partial charge < -0.3 is 5.11 Å². The average molecular weight is 150 g/mol. The van der Waals surface area contributed by atoms with Crippen molar-refractivity contribution < 1.29 is 5.11 Å². The molecule has 1 heterocycles. The van der Waals surface area contributed by atoms with E-state index < -0.39 is 0 Å². The van der Waals surface area contributed by atoms with Crippen LogP contribution >= 0.6 is 0 Å². The lowest BCUT2D eigenvalue weighted by Gasteiger charge is -1.79. The van der Waals surface area contributed by atoms with Crippen LogP contribution in [-0.4, -0.2) is 21.5 Å². The number of rotatable bonds is 0. The molecule has 0 aliphatic rings. The van der Waals surface area contributed by atoms with Gasteiger partial charge in [-0.25, -0.2) is 0 Å². The highest BCUT2D eigenvalue weighted by molar-refractivity contribution is 5.35. The van der Waals surface area contributed by atoms with Crippen molar-refractivity contribution in [2.75, 3.05) is 6.61 Å². The summed E-state index contributed by atoms with van der Waals surface area (Å²) in [5, 5.41) is 12.5. The van der Waals surface area contributed by atoms with Gasteiger partial charge in [0.25, 0.3) is 0 Å². The van der Waals surface area contributed by atoms with Gasteiger partial charge in [0.05, 0.1) is 11.3 Å². The topological polar surface area (TPSA) is 38.0 Å². The molecule has 0 saturated carbocycles. The van der Waals surface area contributed by atoms with E-state index in [9.17, 15) is 0 Å². The van der Waals surface area contributed by atoms with E-state index in [0.29, 0.717) is 0 Å². The van der Waals surface area contributed by atoms with Crippen LogP contribution in [-0.2, 0) is 7.05 Å². The zero-order valence-corrected chi connectivity index (χ0v) is 6.63. The molecular formula is C8H10N2O. The second-order valence-corrected chi connectivity index (χ2v) is 2.26. The molecule has 0 fully saturated rings.